The zero-order chi connectivity index (χ0) is 9.90. The van der Waals surface area contributed by atoms with Gasteiger partial charge in [-0.05, 0) is 26.7 Å². The van der Waals surface area contributed by atoms with Crippen LogP contribution in [-0.4, -0.2) is 24.3 Å². The van der Waals surface area contributed by atoms with Crippen molar-refractivity contribution >= 4 is 0 Å². The lowest BCUT2D eigenvalue weighted by atomic mass is 9.98. The average Bonchev–Trinajstić information content (AvgIpc) is 2.41. The van der Waals surface area contributed by atoms with E-state index in [1.54, 1.807) is 0 Å². The van der Waals surface area contributed by atoms with Crippen molar-refractivity contribution in [1.82, 2.24) is 5.32 Å². The summed E-state index contributed by atoms with van der Waals surface area (Å²) in [7, 11) is 0. The van der Waals surface area contributed by atoms with Crippen molar-refractivity contribution in [2.75, 3.05) is 6.61 Å². The van der Waals surface area contributed by atoms with Crippen LogP contribution in [0.25, 0.3) is 0 Å². The third-order valence-corrected chi connectivity index (χ3v) is 2.69. The van der Waals surface area contributed by atoms with Gasteiger partial charge in [0.2, 0.25) is 0 Å². The number of hydrogen-bond donors (Lipinski definition) is 1. The van der Waals surface area contributed by atoms with Gasteiger partial charge < -0.3 is 4.74 Å². The predicted molar refractivity (Wildman–Crippen MR) is 51.3 cm³/mol. The van der Waals surface area contributed by atoms with E-state index in [9.17, 15) is 0 Å². The molecule has 1 aliphatic heterocycles. The Bertz CT molecular complexity index is 207. The zero-order valence-electron chi connectivity index (χ0n) is 8.63. The summed E-state index contributed by atoms with van der Waals surface area (Å²) in [5.74, 6) is 0. The van der Waals surface area contributed by atoms with Crippen LogP contribution in [0.2, 0.25) is 0 Å². The fraction of sp³-hybridized carbons (Fsp3) is 0.900. The Balaban J connectivity index is 2.49. The number of rotatable bonds is 3. The van der Waals surface area contributed by atoms with Crippen LogP contribution in [-0.2, 0) is 4.74 Å². The average molecular weight is 182 g/mol. The Labute approximate surface area is 80.1 Å². The quantitative estimate of drug-likeness (QED) is 0.718. The monoisotopic (exact) mass is 182 g/mol. The molecule has 0 aromatic heterocycles. The predicted octanol–water partition coefficient (Wildman–Crippen LogP) is 1.45. The largest absolute Gasteiger partial charge is 0.374 e. The van der Waals surface area contributed by atoms with E-state index in [1.807, 2.05) is 6.92 Å². The van der Waals surface area contributed by atoms with Crippen LogP contribution in [0.15, 0.2) is 0 Å². The van der Waals surface area contributed by atoms with Gasteiger partial charge in [-0.15, -0.1) is 0 Å². The lowest BCUT2D eigenvalue weighted by Gasteiger charge is -2.28. The molecule has 1 rings (SSSR count). The van der Waals surface area contributed by atoms with Crippen LogP contribution >= 0.6 is 0 Å². The van der Waals surface area contributed by atoms with Gasteiger partial charge in [0.15, 0.2) is 0 Å². The van der Waals surface area contributed by atoms with Crippen molar-refractivity contribution < 1.29 is 4.74 Å². The summed E-state index contributed by atoms with van der Waals surface area (Å²) < 4.78 is 5.57. The molecule has 1 aliphatic rings. The maximum absolute atomic E-state index is 8.80. The molecule has 3 nitrogen and oxygen atoms in total. The SMILES string of the molecule is CCC(C#N)NC1CCOC1(C)C. The fourth-order valence-corrected chi connectivity index (χ4v) is 1.66. The molecule has 2 atom stereocenters. The highest BCUT2D eigenvalue weighted by atomic mass is 16.5. The van der Waals surface area contributed by atoms with E-state index in [4.69, 9.17) is 10.00 Å². The van der Waals surface area contributed by atoms with Crippen LogP contribution < -0.4 is 5.32 Å². The van der Waals surface area contributed by atoms with Crippen LogP contribution in [0, 0.1) is 11.3 Å². The standard InChI is InChI=1S/C10H18N2O/c1-4-8(7-11)12-9-5-6-13-10(9,2)3/h8-9,12H,4-6H2,1-3H3. The van der Waals surface area contributed by atoms with Crippen molar-refractivity contribution in [3.8, 4) is 6.07 Å². The maximum atomic E-state index is 8.80. The van der Waals surface area contributed by atoms with Gasteiger partial charge >= 0.3 is 0 Å². The summed E-state index contributed by atoms with van der Waals surface area (Å²) in [6.07, 6.45) is 1.86. The molecule has 74 valence electrons. The second kappa shape index (κ2) is 4.08. The van der Waals surface area contributed by atoms with Gasteiger partial charge in [-0.2, -0.15) is 5.26 Å². The van der Waals surface area contributed by atoms with Crippen LogP contribution in [0.4, 0.5) is 0 Å². The van der Waals surface area contributed by atoms with Crippen molar-refractivity contribution in [2.24, 2.45) is 0 Å². The minimum Gasteiger partial charge on any atom is -0.374 e. The Morgan fingerprint density at radius 1 is 1.69 bits per heavy atom. The molecule has 0 aliphatic carbocycles. The Morgan fingerprint density at radius 2 is 2.38 bits per heavy atom. The smallest absolute Gasteiger partial charge is 0.0953 e. The summed E-state index contributed by atoms with van der Waals surface area (Å²) in [4.78, 5) is 0. The Morgan fingerprint density at radius 3 is 2.77 bits per heavy atom. The van der Waals surface area contributed by atoms with Crippen LogP contribution in [0.3, 0.4) is 0 Å². The number of nitrogens with one attached hydrogen (secondary N) is 1. The van der Waals surface area contributed by atoms with Gasteiger partial charge in [-0.1, -0.05) is 6.92 Å². The molecule has 1 fully saturated rings. The summed E-state index contributed by atoms with van der Waals surface area (Å²) in [5.41, 5.74) is -0.121. The molecule has 2 unspecified atom stereocenters. The lowest BCUT2D eigenvalue weighted by Crippen LogP contribution is -2.47. The van der Waals surface area contributed by atoms with Crippen LogP contribution in [0.1, 0.15) is 33.6 Å². The first-order chi connectivity index (χ1) is 6.10. The van der Waals surface area contributed by atoms with E-state index < -0.39 is 0 Å². The number of nitrogens with zero attached hydrogens (tertiary/aromatic N) is 1. The highest BCUT2D eigenvalue weighted by Gasteiger charge is 2.36. The van der Waals surface area contributed by atoms with E-state index in [0.717, 1.165) is 19.4 Å². The van der Waals surface area contributed by atoms with Gasteiger partial charge in [-0.25, -0.2) is 0 Å². The molecule has 0 radical (unpaired) electrons. The molecule has 0 saturated carbocycles. The maximum Gasteiger partial charge on any atom is 0.0953 e. The molecule has 3 heteroatoms. The highest BCUT2D eigenvalue weighted by molar-refractivity contribution is 4.97. The summed E-state index contributed by atoms with van der Waals surface area (Å²) >= 11 is 0. The highest BCUT2D eigenvalue weighted by Crippen LogP contribution is 2.25. The number of nitriles is 1. The molecular weight excluding hydrogens is 164 g/mol. The molecule has 1 heterocycles. The lowest BCUT2D eigenvalue weighted by molar-refractivity contribution is 0.0205. The van der Waals surface area contributed by atoms with Gasteiger partial charge in [0, 0.05) is 12.6 Å². The first-order valence-corrected chi connectivity index (χ1v) is 4.89. The van der Waals surface area contributed by atoms with E-state index in [2.05, 4.69) is 25.2 Å². The first kappa shape index (κ1) is 10.5. The van der Waals surface area contributed by atoms with Gasteiger partial charge in [0.1, 0.15) is 0 Å². The summed E-state index contributed by atoms with van der Waals surface area (Å²) in [5, 5.41) is 12.1. The Hall–Kier alpha value is -0.590. The van der Waals surface area contributed by atoms with Gasteiger partial charge in [0.05, 0.1) is 17.7 Å². The van der Waals surface area contributed by atoms with Crippen molar-refractivity contribution in [1.29, 1.82) is 5.26 Å². The third kappa shape index (κ3) is 2.43. The van der Waals surface area contributed by atoms with Crippen LogP contribution in [0.5, 0.6) is 0 Å². The number of ether oxygens (including phenoxy) is 1. The number of hydrogen-bond acceptors (Lipinski definition) is 3. The third-order valence-electron chi connectivity index (χ3n) is 2.69. The van der Waals surface area contributed by atoms with Crippen molar-refractivity contribution in [2.45, 2.75) is 51.3 Å². The molecule has 1 saturated heterocycles. The molecular formula is C10H18N2O. The van der Waals surface area contributed by atoms with E-state index in [0.29, 0.717) is 6.04 Å². The van der Waals surface area contributed by atoms with E-state index >= 15 is 0 Å². The van der Waals surface area contributed by atoms with Gasteiger partial charge in [-0.3, -0.25) is 5.32 Å². The minimum absolute atomic E-state index is 0.0361. The normalized spacial score (nSPS) is 28.3. The Kier molecular flexibility index (Phi) is 3.29. The van der Waals surface area contributed by atoms with Crippen molar-refractivity contribution in [3.05, 3.63) is 0 Å². The second-order valence-corrected chi connectivity index (χ2v) is 4.05. The zero-order valence-corrected chi connectivity index (χ0v) is 8.63. The van der Waals surface area contributed by atoms with Gasteiger partial charge in [0.25, 0.3) is 0 Å². The molecule has 0 amide bonds. The molecule has 0 aromatic carbocycles. The van der Waals surface area contributed by atoms with Crippen molar-refractivity contribution in [3.63, 3.8) is 0 Å². The molecule has 0 spiro atoms. The molecule has 0 bridgehead atoms. The molecule has 1 N–H and O–H groups in total. The van der Waals surface area contributed by atoms with E-state index in [-0.39, 0.29) is 11.6 Å². The fourth-order valence-electron chi connectivity index (χ4n) is 1.66. The topological polar surface area (TPSA) is 45.0 Å². The first-order valence-electron chi connectivity index (χ1n) is 4.89. The summed E-state index contributed by atoms with van der Waals surface area (Å²) in [6, 6.07) is 2.53. The second-order valence-electron chi connectivity index (χ2n) is 4.05. The van der Waals surface area contributed by atoms with E-state index in [1.165, 1.54) is 0 Å². The molecule has 0 aromatic rings. The summed E-state index contributed by atoms with van der Waals surface area (Å²) in [6.45, 7) is 6.96. The minimum atomic E-state index is -0.121. The molecule has 13 heavy (non-hydrogen) atoms.